The van der Waals surface area contributed by atoms with Gasteiger partial charge in [-0.3, -0.25) is 9.88 Å². The van der Waals surface area contributed by atoms with Crippen molar-refractivity contribution >= 4 is 11.6 Å². The van der Waals surface area contributed by atoms with Crippen LogP contribution in [0.15, 0.2) is 18.5 Å². The number of aliphatic hydroxyl groups excluding tert-OH is 1. The molecule has 1 aliphatic heterocycles. The van der Waals surface area contributed by atoms with E-state index in [0.29, 0.717) is 10.9 Å². The van der Waals surface area contributed by atoms with Crippen LogP contribution in [0.2, 0.25) is 5.02 Å². The van der Waals surface area contributed by atoms with Crippen LogP contribution >= 0.6 is 11.6 Å². The van der Waals surface area contributed by atoms with E-state index >= 15 is 0 Å². The number of likely N-dealkylation sites (tertiary alicyclic amines) is 1. The molecule has 1 saturated heterocycles. The summed E-state index contributed by atoms with van der Waals surface area (Å²) < 4.78 is 0. The van der Waals surface area contributed by atoms with Gasteiger partial charge in [-0.25, -0.2) is 0 Å². The van der Waals surface area contributed by atoms with Crippen molar-refractivity contribution in [2.24, 2.45) is 5.92 Å². The Balaban J connectivity index is 2.08. The highest BCUT2D eigenvalue weighted by Crippen LogP contribution is 2.26. The molecular formula is C12H17ClN2O. The van der Waals surface area contributed by atoms with E-state index in [0.717, 1.165) is 25.1 Å². The molecule has 0 aliphatic carbocycles. The van der Waals surface area contributed by atoms with Gasteiger partial charge in [-0.1, -0.05) is 18.5 Å². The third kappa shape index (κ3) is 2.37. The van der Waals surface area contributed by atoms with E-state index < -0.39 is 0 Å². The van der Waals surface area contributed by atoms with Crippen molar-refractivity contribution < 1.29 is 5.11 Å². The molecule has 2 rings (SSSR count). The van der Waals surface area contributed by atoms with Crippen molar-refractivity contribution in [2.45, 2.75) is 25.9 Å². The number of halogens is 1. The minimum absolute atomic E-state index is 0.226. The van der Waals surface area contributed by atoms with E-state index in [1.54, 1.807) is 12.4 Å². The van der Waals surface area contributed by atoms with Crippen LogP contribution in [0.4, 0.5) is 0 Å². The Morgan fingerprint density at radius 1 is 1.62 bits per heavy atom. The predicted octanol–water partition coefficient (Wildman–Crippen LogP) is 1.94. The molecule has 2 atom stereocenters. The van der Waals surface area contributed by atoms with Gasteiger partial charge >= 0.3 is 0 Å². The smallest absolute Gasteiger partial charge is 0.0634 e. The average molecular weight is 241 g/mol. The van der Waals surface area contributed by atoms with Crippen LogP contribution in [-0.4, -0.2) is 34.2 Å². The number of rotatable bonds is 3. The number of hydrogen-bond acceptors (Lipinski definition) is 3. The molecular weight excluding hydrogens is 224 g/mol. The lowest BCUT2D eigenvalue weighted by atomic mass is 10.0. The van der Waals surface area contributed by atoms with Gasteiger partial charge in [0.05, 0.1) is 11.6 Å². The summed E-state index contributed by atoms with van der Waals surface area (Å²) in [6.07, 6.45) is 4.58. The highest BCUT2D eigenvalue weighted by Gasteiger charge is 2.30. The average Bonchev–Trinajstić information content (AvgIpc) is 2.63. The van der Waals surface area contributed by atoms with Crippen molar-refractivity contribution in [2.75, 3.05) is 13.2 Å². The molecule has 2 heterocycles. The van der Waals surface area contributed by atoms with E-state index in [4.69, 9.17) is 11.6 Å². The molecule has 0 bridgehead atoms. The topological polar surface area (TPSA) is 36.4 Å². The second-order valence-corrected chi connectivity index (χ2v) is 4.86. The predicted molar refractivity (Wildman–Crippen MR) is 64.3 cm³/mol. The molecule has 1 N–H and O–H groups in total. The van der Waals surface area contributed by atoms with E-state index in [2.05, 4.69) is 16.8 Å². The summed E-state index contributed by atoms with van der Waals surface area (Å²) in [5, 5.41) is 10.1. The molecule has 1 aromatic rings. The third-order valence-corrected chi connectivity index (χ3v) is 3.75. The SMILES string of the molecule is CC1CCN(Cc2ccncc2Cl)C1CO. The lowest BCUT2D eigenvalue weighted by Gasteiger charge is -2.25. The van der Waals surface area contributed by atoms with Gasteiger partial charge in [-0.15, -0.1) is 0 Å². The van der Waals surface area contributed by atoms with E-state index in [1.165, 1.54) is 0 Å². The number of nitrogens with zero attached hydrogens (tertiary/aromatic N) is 2. The normalized spacial score (nSPS) is 26.2. The van der Waals surface area contributed by atoms with E-state index in [1.807, 2.05) is 6.07 Å². The summed E-state index contributed by atoms with van der Waals surface area (Å²) in [4.78, 5) is 6.27. The van der Waals surface area contributed by atoms with Crippen LogP contribution in [0, 0.1) is 5.92 Å². The standard InChI is InChI=1S/C12H17ClN2O/c1-9-3-5-15(12(9)8-16)7-10-2-4-14-6-11(10)13/h2,4,6,9,12,16H,3,5,7-8H2,1H3. The Labute approximate surface area is 101 Å². The maximum Gasteiger partial charge on any atom is 0.0634 e. The zero-order valence-corrected chi connectivity index (χ0v) is 10.2. The monoisotopic (exact) mass is 240 g/mol. The first-order valence-electron chi connectivity index (χ1n) is 5.65. The Morgan fingerprint density at radius 3 is 3.12 bits per heavy atom. The molecule has 1 fully saturated rings. The number of pyridine rings is 1. The molecule has 16 heavy (non-hydrogen) atoms. The van der Waals surface area contributed by atoms with Gasteiger partial charge in [0.25, 0.3) is 0 Å². The van der Waals surface area contributed by atoms with Crippen molar-refractivity contribution in [1.82, 2.24) is 9.88 Å². The van der Waals surface area contributed by atoms with Gasteiger partial charge in [-0.05, 0) is 30.5 Å². The Kier molecular flexibility index (Phi) is 3.79. The lowest BCUT2D eigenvalue weighted by Crippen LogP contribution is -2.34. The highest BCUT2D eigenvalue weighted by atomic mass is 35.5. The Bertz CT molecular complexity index is 359. The van der Waals surface area contributed by atoms with Crippen LogP contribution in [0.3, 0.4) is 0 Å². The maximum absolute atomic E-state index is 9.37. The summed E-state index contributed by atoms with van der Waals surface area (Å²) in [5.74, 6) is 0.561. The molecule has 0 amide bonds. The third-order valence-electron chi connectivity index (χ3n) is 3.41. The van der Waals surface area contributed by atoms with Crippen LogP contribution in [-0.2, 0) is 6.54 Å². The van der Waals surface area contributed by atoms with Gasteiger partial charge < -0.3 is 5.11 Å². The molecule has 3 nitrogen and oxygen atoms in total. The fourth-order valence-electron chi connectivity index (χ4n) is 2.33. The molecule has 1 aromatic heterocycles. The second kappa shape index (κ2) is 5.13. The zero-order chi connectivity index (χ0) is 11.5. The first-order valence-corrected chi connectivity index (χ1v) is 6.03. The number of hydrogen-bond donors (Lipinski definition) is 1. The molecule has 0 aromatic carbocycles. The summed E-state index contributed by atoms with van der Waals surface area (Å²) >= 11 is 6.08. The van der Waals surface area contributed by atoms with Crippen LogP contribution in [0.1, 0.15) is 18.9 Å². The van der Waals surface area contributed by atoms with Crippen molar-refractivity contribution in [3.63, 3.8) is 0 Å². The maximum atomic E-state index is 9.37. The van der Waals surface area contributed by atoms with Crippen LogP contribution in [0.5, 0.6) is 0 Å². The minimum atomic E-state index is 0.226. The molecule has 2 unspecified atom stereocenters. The first kappa shape index (κ1) is 11.8. The largest absolute Gasteiger partial charge is 0.395 e. The number of aliphatic hydroxyl groups is 1. The van der Waals surface area contributed by atoms with Gasteiger partial charge in [-0.2, -0.15) is 0 Å². The molecule has 0 spiro atoms. The van der Waals surface area contributed by atoms with Crippen LogP contribution in [0.25, 0.3) is 0 Å². The second-order valence-electron chi connectivity index (χ2n) is 4.45. The van der Waals surface area contributed by atoms with Gasteiger partial charge in [0.1, 0.15) is 0 Å². The van der Waals surface area contributed by atoms with Crippen molar-refractivity contribution in [1.29, 1.82) is 0 Å². The van der Waals surface area contributed by atoms with E-state index in [-0.39, 0.29) is 12.6 Å². The molecule has 1 aliphatic rings. The molecule has 88 valence electrons. The first-order chi connectivity index (χ1) is 7.72. The highest BCUT2D eigenvalue weighted by molar-refractivity contribution is 6.31. The number of aromatic nitrogens is 1. The summed E-state index contributed by atoms with van der Waals surface area (Å²) in [7, 11) is 0. The van der Waals surface area contributed by atoms with Gasteiger partial charge in [0, 0.05) is 25.0 Å². The minimum Gasteiger partial charge on any atom is -0.395 e. The lowest BCUT2D eigenvalue weighted by molar-refractivity contribution is 0.134. The zero-order valence-electron chi connectivity index (χ0n) is 9.43. The quantitative estimate of drug-likeness (QED) is 0.877. The fourth-order valence-corrected chi connectivity index (χ4v) is 2.51. The van der Waals surface area contributed by atoms with Crippen molar-refractivity contribution in [3.8, 4) is 0 Å². The van der Waals surface area contributed by atoms with Gasteiger partial charge in [0.15, 0.2) is 0 Å². The molecule has 0 saturated carbocycles. The summed E-state index contributed by atoms with van der Waals surface area (Å²) in [6.45, 7) is 4.25. The fraction of sp³-hybridized carbons (Fsp3) is 0.583. The molecule has 4 heteroatoms. The summed E-state index contributed by atoms with van der Waals surface area (Å²) in [5.41, 5.74) is 1.09. The van der Waals surface area contributed by atoms with E-state index in [9.17, 15) is 5.11 Å². The Morgan fingerprint density at radius 2 is 2.44 bits per heavy atom. The molecule has 0 radical (unpaired) electrons. The van der Waals surface area contributed by atoms with Gasteiger partial charge in [0.2, 0.25) is 0 Å². The summed E-state index contributed by atoms with van der Waals surface area (Å²) in [6, 6.07) is 2.21. The van der Waals surface area contributed by atoms with Crippen molar-refractivity contribution in [3.05, 3.63) is 29.0 Å². The Hall–Kier alpha value is -0.640. The van der Waals surface area contributed by atoms with Crippen LogP contribution < -0.4 is 0 Å².